The molecule has 0 spiro atoms. The van der Waals surface area contributed by atoms with Gasteiger partial charge in [-0.3, -0.25) is 23.9 Å². The minimum absolute atomic E-state index is 0.0720. The van der Waals surface area contributed by atoms with E-state index in [4.69, 9.17) is 0 Å². The molecule has 8 nitrogen and oxygen atoms in total. The van der Waals surface area contributed by atoms with Crippen LogP contribution in [-0.4, -0.2) is 34.5 Å². The van der Waals surface area contributed by atoms with Crippen molar-refractivity contribution in [2.75, 3.05) is 13.1 Å². The van der Waals surface area contributed by atoms with Gasteiger partial charge in [0.05, 0.1) is 10.9 Å². The Morgan fingerprint density at radius 2 is 1.57 bits per heavy atom. The third kappa shape index (κ3) is 4.53. The smallest absolute Gasteiger partial charge is 0.328 e. The number of aromatic nitrogens is 2. The van der Waals surface area contributed by atoms with Crippen LogP contribution in [0.1, 0.15) is 16.8 Å². The Bertz CT molecular complexity index is 1100. The van der Waals surface area contributed by atoms with E-state index in [0.717, 1.165) is 0 Å². The number of nitrogens with one attached hydrogen (secondary N) is 3. The van der Waals surface area contributed by atoms with Gasteiger partial charge in [0.25, 0.3) is 11.5 Å². The van der Waals surface area contributed by atoms with E-state index >= 15 is 0 Å². The van der Waals surface area contributed by atoms with Crippen LogP contribution in [0.4, 0.5) is 0 Å². The highest BCUT2D eigenvalue weighted by atomic mass is 16.2. The van der Waals surface area contributed by atoms with Crippen LogP contribution in [0.15, 0.2) is 64.2 Å². The van der Waals surface area contributed by atoms with E-state index in [-0.39, 0.29) is 31.3 Å². The molecule has 28 heavy (non-hydrogen) atoms. The first-order chi connectivity index (χ1) is 13.6. The number of H-pyrrole nitrogens is 1. The average Bonchev–Trinajstić information content (AvgIpc) is 2.71. The van der Waals surface area contributed by atoms with Crippen molar-refractivity contribution in [3.8, 4) is 0 Å². The van der Waals surface area contributed by atoms with E-state index in [9.17, 15) is 19.2 Å². The Hall–Kier alpha value is -3.68. The average molecular weight is 380 g/mol. The van der Waals surface area contributed by atoms with E-state index in [1.54, 1.807) is 48.5 Å². The second-order valence-electron chi connectivity index (χ2n) is 6.15. The van der Waals surface area contributed by atoms with Gasteiger partial charge in [0.15, 0.2) is 0 Å². The first-order valence-corrected chi connectivity index (χ1v) is 8.88. The van der Waals surface area contributed by atoms with Crippen molar-refractivity contribution in [3.63, 3.8) is 0 Å². The number of aromatic amines is 1. The highest BCUT2D eigenvalue weighted by Gasteiger charge is 2.09. The summed E-state index contributed by atoms with van der Waals surface area (Å²) in [5.74, 6) is -0.461. The number of hydrogen-bond donors (Lipinski definition) is 3. The quantitative estimate of drug-likeness (QED) is 0.522. The molecule has 3 rings (SSSR count). The van der Waals surface area contributed by atoms with Gasteiger partial charge in [-0.25, -0.2) is 4.79 Å². The molecule has 3 aromatic rings. The van der Waals surface area contributed by atoms with Crippen LogP contribution in [0.5, 0.6) is 0 Å². The summed E-state index contributed by atoms with van der Waals surface area (Å²) in [5.41, 5.74) is 0.0411. The molecule has 2 amide bonds. The number of amides is 2. The summed E-state index contributed by atoms with van der Waals surface area (Å²) in [5, 5.41) is 5.81. The zero-order chi connectivity index (χ0) is 19.9. The summed E-state index contributed by atoms with van der Waals surface area (Å²) < 4.78 is 1.37. The largest absolute Gasteiger partial charge is 0.354 e. The number of para-hydroxylation sites is 1. The van der Waals surface area contributed by atoms with Crippen molar-refractivity contribution in [2.45, 2.75) is 13.0 Å². The first-order valence-electron chi connectivity index (χ1n) is 8.88. The number of fused-ring (bicyclic) bond motifs is 1. The summed E-state index contributed by atoms with van der Waals surface area (Å²) >= 11 is 0. The number of nitrogens with zero attached hydrogens (tertiary/aromatic N) is 1. The standard InChI is InChI=1S/C20H20N4O4/c25-17(21-11-12-22-18(26)14-6-2-1-3-7-14)10-13-24-16-9-5-4-8-15(16)19(27)23-20(24)28/h1-9H,10-13H2,(H,21,25)(H,22,26)(H,23,27,28). The highest BCUT2D eigenvalue weighted by molar-refractivity contribution is 5.94. The fourth-order valence-corrected chi connectivity index (χ4v) is 2.84. The summed E-state index contributed by atoms with van der Waals surface area (Å²) in [6.07, 6.45) is 0.0720. The summed E-state index contributed by atoms with van der Waals surface area (Å²) in [7, 11) is 0. The third-order valence-corrected chi connectivity index (χ3v) is 4.24. The zero-order valence-electron chi connectivity index (χ0n) is 15.1. The van der Waals surface area contributed by atoms with Gasteiger partial charge >= 0.3 is 5.69 Å². The molecule has 0 aliphatic heterocycles. The minimum Gasteiger partial charge on any atom is -0.354 e. The first kappa shape index (κ1) is 19.1. The van der Waals surface area contributed by atoms with Crippen molar-refractivity contribution < 1.29 is 9.59 Å². The van der Waals surface area contributed by atoms with Gasteiger partial charge in [-0.2, -0.15) is 0 Å². The molecule has 2 aromatic carbocycles. The van der Waals surface area contributed by atoms with Crippen LogP contribution in [0.25, 0.3) is 10.9 Å². The number of aryl methyl sites for hydroxylation is 1. The molecule has 0 aliphatic rings. The van der Waals surface area contributed by atoms with E-state index in [1.165, 1.54) is 4.57 Å². The molecule has 8 heteroatoms. The molecular weight excluding hydrogens is 360 g/mol. The second-order valence-corrected chi connectivity index (χ2v) is 6.15. The molecular formula is C20H20N4O4. The predicted octanol–water partition coefficient (Wildman–Crippen LogP) is 0.626. The molecule has 1 heterocycles. The lowest BCUT2D eigenvalue weighted by atomic mass is 10.2. The molecule has 0 saturated carbocycles. The third-order valence-electron chi connectivity index (χ3n) is 4.24. The van der Waals surface area contributed by atoms with Crippen LogP contribution in [0.3, 0.4) is 0 Å². The van der Waals surface area contributed by atoms with Crippen molar-refractivity contribution in [1.29, 1.82) is 0 Å². The van der Waals surface area contributed by atoms with Gasteiger partial charge in [0.1, 0.15) is 0 Å². The Kier molecular flexibility index (Phi) is 6.01. The van der Waals surface area contributed by atoms with E-state index in [0.29, 0.717) is 23.0 Å². The molecule has 0 atom stereocenters. The topological polar surface area (TPSA) is 113 Å². The Labute approximate surface area is 160 Å². The molecule has 1 aromatic heterocycles. The van der Waals surface area contributed by atoms with E-state index in [2.05, 4.69) is 15.6 Å². The van der Waals surface area contributed by atoms with Crippen LogP contribution in [0.2, 0.25) is 0 Å². The van der Waals surface area contributed by atoms with Gasteiger partial charge in [-0.15, -0.1) is 0 Å². The SMILES string of the molecule is O=C(CCn1c(=O)[nH]c(=O)c2ccccc21)NCCNC(=O)c1ccccc1. The second kappa shape index (κ2) is 8.81. The van der Waals surface area contributed by atoms with E-state index in [1.807, 2.05) is 6.07 Å². The monoisotopic (exact) mass is 380 g/mol. The molecule has 0 radical (unpaired) electrons. The predicted molar refractivity (Wildman–Crippen MR) is 105 cm³/mol. The number of rotatable bonds is 7. The van der Waals surface area contributed by atoms with Crippen molar-refractivity contribution in [3.05, 3.63) is 81.0 Å². The molecule has 0 saturated heterocycles. The summed E-state index contributed by atoms with van der Waals surface area (Å²) in [4.78, 5) is 50.1. The lowest BCUT2D eigenvalue weighted by Crippen LogP contribution is -2.36. The van der Waals surface area contributed by atoms with Crippen molar-refractivity contribution in [1.82, 2.24) is 20.2 Å². The number of hydrogen-bond acceptors (Lipinski definition) is 4. The Morgan fingerprint density at radius 3 is 2.36 bits per heavy atom. The lowest BCUT2D eigenvalue weighted by Gasteiger charge is -2.10. The number of benzene rings is 2. The minimum atomic E-state index is -0.549. The summed E-state index contributed by atoms with van der Waals surface area (Å²) in [6, 6.07) is 15.5. The van der Waals surface area contributed by atoms with Gasteiger partial charge in [-0.1, -0.05) is 30.3 Å². The van der Waals surface area contributed by atoms with Gasteiger partial charge in [0, 0.05) is 31.6 Å². The molecule has 3 N–H and O–H groups in total. The Morgan fingerprint density at radius 1 is 0.893 bits per heavy atom. The van der Waals surface area contributed by atoms with Crippen LogP contribution in [0, 0.1) is 0 Å². The summed E-state index contributed by atoms with van der Waals surface area (Å²) in [6.45, 7) is 0.706. The molecule has 0 fully saturated rings. The highest BCUT2D eigenvalue weighted by Crippen LogP contribution is 2.07. The van der Waals surface area contributed by atoms with Crippen LogP contribution >= 0.6 is 0 Å². The molecule has 0 unspecified atom stereocenters. The van der Waals surface area contributed by atoms with Gasteiger partial charge in [0.2, 0.25) is 5.91 Å². The van der Waals surface area contributed by atoms with Crippen molar-refractivity contribution >= 4 is 22.7 Å². The maximum absolute atomic E-state index is 12.1. The normalized spacial score (nSPS) is 10.6. The fraction of sp³-hybridized carbons (Fsp3) is 0.200. The van der Waals surface area contributed by atoms with Gasteiger partial charge in [-0.05, 0) is 24.3 Å². The number of carbonyl (C=O) groups is 2. The zero-order valence-corrected chi connectivity index (χ0v) is 15.1. The maximum Gasteiger partial charge on any atom is 0.328 e. The Balaban J connectivity index is 1.50. The molecule has 0 bridgehead atoms. The molecule has 144 valence electrons. The molecule has 0 aliphatic carbocycles. The fourth-order valence-electron chi connectivity index (χ4n) is 2.84. The van der Waals surface area contributed by atoms with E-state index < -0.39 is 11.2 Å². The van der Waals surface area contributed by atoms with Gasteiger partial charge < -0.3 is 10.6 Å². The number of carbonyl (C=O) groups excluding carboxylic acids is 2. The van der Waals surface area contributed by atoms with Crippen LogP contribution in [-0.2, 0) is 11.3 Å². The lowest BCUT2D eigenvalue weighted by molar-refractivity contribution is -0.121. The van der Waals surface area contributed by atoms with Crippen LogP contribution < -0.4 is 21.9 Å². The maximum atomic E-state index is 12.1. The van der Waals surface area contributed by atoms with Crippen molar-refractivity contribution in [2.24, 2.45) is 0 Å².